The molecule has 3 heterocycles. The maximum atomic E-state index is 12.4. The fourth-order valence-electron chi connectivity index (χ4n) is 4.60. The van der Waals surface area contributed by atoms with E-state index in [0.29, 0.717) is 6.04 Å². The van der Waals surface area contributed by atoms with Crippen LogP contribution in [0.15, 0.2) is 41.8 Å². The lowest BCUT2D eigenvalue weighted by Crippen LogP contribution is -2.40. The number of aromatic nitrogens is 4. The van der Waals surface area contributed by atoms with Gasteiger partial charge in [0.25, 0.3) is 5.91 Å². The molecule has 1 aliphatic rings. The molecule has 176 valence electrons. The summed E-state index contributed by atoms with van der Waals surface area (Å²) in [5.74, 6) is 1.71. The zero-order valence-corrected chi connectivity index (χ0v) is 20.7. The van der Waals surface area contributed by atoms with Crippen molar-refractivity contribution >= 4 is 34.1 Å². The van der Waals surface area contributed by atoms with E-state index in [1.165, 1.54) is 16.9 Å². The number of carbonyl (C=O) groups excluding carboxylic acids is 1. The van der Waals surface area contributed by atoms with Gasteiger partial charge in [0.15, 0.2) is 5.65 Å². The number of fused-ring (bicyclic) bond motifs is 1. The molecule has 0 radical (unpaired) electrons. The minimum atomic E-state index is 0.0376. The first-order valence-corrected chi connectivity index (χ1v) is 12.8. The van der Waals surface area contributed by atoms with Crippen molar-refractivity contribution in [3.05, 3.63) is 63.7 Å². The number of amides is 1. The van der Waals surface area contributed by atoms with Gasteiger partial charge in [-0.15, -0.1) is 11.3 Å². The van der Waals surface area contributed by atoms with Crippen LogP contribution in [0.2, 0.25) is 0 Å². The molecule has 4 aromatic rings. The highest BCUT2D eigenvalue weighted by Crippen LogP contribution is 2.29. The summed E-state index contributed by atoms with van der Waals surface area (Å²) in [6, 6.07) is 12.6. The molecule has 3 aromatic heterocycles. The van der Waals surface area contributed by atoms with Crippen molar-refractivity contribution in [3.63, 3.8) is 0 Å². The molecule has 1 saturated carbocycles. The summed E-state index contributed by atoms with van der Waals surface area (Å²) in [6.45, 7) is 6.17. The summed E-state index contributed by atoms with van der Waals surface area (Å²) in [4.78, 5) is 22.9. The van der Waals surface area contributed by atoms with E-state index in [4.69, 9.17) is 15.1 Å². The zero-order chi connectivity index (χ0) is 23.7. The Kier molecular flexibility index (Phi) is 6.32. The number of benzene rings is 1. The number of carbonyl (C=O) groups is 1. The van der Waals surface area contributed by atoms with Gasteiger partial charge in [0.2, 0.25) is 0 Å². The number of nitrogens with one attached hydrogen (secondary N) is 2. The molecule has 7 nitrogen and oxygen atoms in total. The van der Waals surface area contributed by atoms with Gasteiger partial charge in [-0.05, 0) is 63.1 Å². The third kappa shape index (κ3) is 4.55. The van der Waals surface area contributed by atoms with Gasteiger partial charge in [0.1, 0.15) is 11.6 Å². The summed E-state index contributed by atoms with van der Waals surface area (Å²) in [7, 11) is 0. The average Bonchev–Trinajstić information content (AvgIpc) is 3.49. The van der Waals surface area contributed by atoms with E-state index in [1.807, 2.05) is 29.1 Å². The molecule has 5 rings (SSSR count). The highest BCUT2D eigenvalue weighted by molar-refractivity contribution is 7.12. The van der Waals surface area contributed by atoms with Crippen LogP contribution in [-0.2, 0) is 6.42 Å². The van der Waals surface area contributed by atoms with Gasteiger partial charge >= 0.3 is 0 Å². The van der Waals surface area contributed by atoms with Crippen LogP contribution in [0.5, 0.6) is 0 Å². The molecular formula is C26H30N6OS. The second-order valence-corrected chi connectivity index (χ2v) is 9.96. The highest BCUT2D eigenvalue weighted by Gasteiger charge is 2.25. The van der Waals surface area contributed by atoms with E-state index < -0.39 is 0 Å². The normalized spacial score (nSPS) is 18.2. The van der Waals surface area contributed by atoms with E-state index >= 15 is 0 Å². The SMILES string of the molecule is CCc1nc(NC2CCC(NC(=O)c3cccs3)CC2)c2c(C)nn(-c3ccc(C)cc3)c2n1. The molecule has 0 bridgehead atoms. The molecule has 1 aromatic carbocycles. The van der Waals surface area contributed by atoms with E-state index in [0.717, 1.165) is 71.0 Å². The number of anilines is 1. The maximum Gasteiger partial charge on any atom is 0.261 e. The minimum Gasteiger partial charge on any atom is -0.367 e. The minimum absolute atomic E-state index is 0.0376. The van der Waals surface area contributed by atoms with Crippen LogP contribution in [0, 0.1) is 13.8 Å². The summed E-state index contributed by atoms with van der Waals surface area (Å²) >= 11 is 1.48. The molecule has 0 aliphatic heterocycles. The summed E-state index contributed by atoms with van der Waals surface area (Å²) in [5, 5.41) is 14.6. The molecule has 0 saturated heterocycles. The first-order chi connectivity index (χ1) is 16.5. The fraction of sp³-hybridized carbons (Fsp3) is 0.385. The summed E-state index contributed by atoms with van der Waals surface area (Å²) in [6.07, 6.45) is 4.61. The lowest BCUT2D eigenvalue weighted by Gasteiger charge is -2.30. The van der Waals surface area contributed by atoms with Crippen molar-refractivity contribution in [2.75, 3.05) is 5.32 Å². The van der Waals surface area contributed by atoms with Crippen molar-refractivity contribution < 1.29 is 4.79 Å². The maximum absolute atomic E-state index is 12.4. The molecule has 0 spiro atoms. The van der Waals surface area contributed by atoms with E-state index in [-0.39, 0.29) is 11.9 Å². The third-order valence-electron chi connectivity index (χ3n) is 6.49. The van der Waals surface area contributed by atoms with Crippen molar-refractivity contribution in [2.45, 2.75) is 65.0 Å². The molecule has 1 aliphatic carbocycles. The van der Waals surface area contributed by atoms with Gasteiger partial charge in [-0.2, -0.15) is 5.10 Å². The Hall–Kier alpha value is -3.26. The number of nitrogens with zero attached hydrogens (tertiary/aromatic N) is 4. The standard InChI is InChI=1S/C26H30N6OS/c1-4-22-29-24(23-17(3)31-32(25(23)30-22)20-13-7-16(2)8-14-20)27-18-9-11-19(12-10-18)28-26(33)21-6-5-15-34-21/h5-8,13-15,18-19H,4,9-12H2,1-3H3,(H,28,33)(H,27,29,30). The number of rotatable bonds is 6. The van der Waals surface area contributed by atoms with Crippen molar-refractivity contribution in [2.24, 2.45) is 0 Å². The number of thiophene rings is 1. The molecule has 2 N–H and O–H groups in total. The predicted molar refractivity (Wildman–Crippen MR) is 137 cm³/mol. The molecule has 1 amide bonds. The number of hydrogen-bond donors (Lipinski definition) is 2. The van der Waals surface area contributed by atoms with E-state index in [9.17, 15) is 4.79 Å². The molecule has 0 atom stereocenters. The quantitative estimate of drug-likeness (QED) is 0.401. The second-order valence-electron chi connectivity index (χ2n) is 9.02. The molecule has 0 unspecified atom stereocenters. The highest BCUT2D eigenvalue weighted by atomic mass is 32.1. The van der Waals surface area contributed by atoms with Crippen molar-refractivity contribution in [3.8, 4) is 5.69 Å². The van der Waals surface area contributed by atoms with Crippen LogP contribution in [-0.4, -0.2) is 37.7 Å². The molecular weight excluding hydrogens is 444 g/mol. The third-order valence-corrected chi connectivity index (χ3v) is 7.36. The Bertz CT molecular complexity index is 1290. The smallest absolute Gasteiger partial charge is 0.261 e. The lowest BCUT2D eigenvalue weighted by molar-refractivity contribution is 0.0930. The van der Waals surface area contributed by atoms with Crippen LogP contribution >= 0.6 is 11.3 Å². The molecule has 8 heteroatoms. The molecule has 34 heavy (non-hydrogen) atoms. The largest absolute Gasteiger partial charge is 0.367 e. The first kappa shape index (κ1) is 22.5. The van der Waals surface area contributed by atoms with Crippen LogP contribution in [0.3, 0.4) is 0 Å². The number of hydrogen-bond acceptors (Lipinski definition) is 6. The number of aryl methyl sites for hydroxylation is 3. The van der Waals surface area contributed by atoms with E-state index in [1.54, 1.807) is 0 Å². The molecule has 1 fully saturated rings. The van der Waals surface area contributed by atoms with E-state index in [2.05, 4.69) is 48.7 Å². The Balaban J connectivity index is 1.35. The average molecular weight is 475 g/mol. The Morgan fingerprint density at radius 1 is 1.06 bits per heavy atom. The van der Waals surface area contributed by atoms with Crippen LogP contribution in [0.1, 0.15) is 59.4 Å². The topological polar surface area (TPSA) is 84.7 Å². The van der Waals surface area contributed by atoms with Crippen LogP contribution < -0.4 is 10.6 Å². The van der Waals surface area contributed by atoms with Gasteiger partial charge in [0.05, 0.1) is 21.6 Å². The van der Waals surface area contributed by atoms with Gasteiger partial charge in [0, 0.05) is 18.5 Å². The van der Waals surface area contributed by atoms with Crippen LogP contribution in [0.4, 0.5) is 5.82 Å². The monoisotopic (exact) mass is 474 g/mol. The van der Waals surface area contributed by atoms with Crippen molar-refractivity contribution in [1.29, 1.82) is 0 Å². The Morgan fingerprint density at radius 2 is 1.79 bits per heavy atom. The lowest BCUT2D eigenvalue weighted by atomic mass is 9.91. The Labute approximate surface area is 203 Å². The summed E-state index contributed by atoms with van der Waals surface area (Å²) in [5.41, 5.74) is 3.97. The summed E-state index contributed by atoms with van der Waals surface area (Å²) < 4.78 is 1.92. The van der Waals surface area contributed by atoms with Crippen molar-refractivity contribution in [1.82, 2.24) is 25.1 Å². The van der Waals surface area contributed by atoms with Gasteiger partial charge < -0.3 is 10.6 Å². The second kappa shape index (κ2) is 9.54. The van der Waals surface area contributed by atoms with Gasteiger partial charge in [-0.25, -0.2) is 14.6 Å². The Morgan fingerprint density at radius 3 is 2.47 bits per heavy atom. The zero-order valence-electron chi connectivity index (χ0n) is 19.8. The fourth-order valence-corrected chi connectivity index (χ4v) is 5.22. The van der Waals surface area contributed by atoms with Gasteiger partial charge in [-0.1, -0.05) is 30.7 Å². The predicted octanol–water partition coefficient (Wildman–Crippen LogP) is 5.21. The first-order valence-electron chi connectivity index (χ1n) is 12.0. The van der Waals surface area contributed by atoms with Gasteiger partial charge in [-0.3, -0.25) is 4.79 Å². The van der Waals surface area contributed by atoms with Crippen LogP contribution in [0.25, 0.3) is 16.7 Å².